The number of hydrogen-bond donors (Lipinski definition) is 0. The van der Waals surface area contributed by atoms with Crippen LogP contribution in [0.4, 0.5) is 0 Å². The number of nitrogens with zero attached hydrogens (tertiary/aromatic N) is 1. The molecular formula is C13H17NOS. The summed E-state index contributed by atoms with van der Waals surface area (Å²) < 4.78 is 0. The Morgan fingerprint density at radius 3 is 2.50 bits per heavy atom. The predicted molar refractivity (Wildman–Crippen MR) is 68.4 cm³/mol. The lowest BCUT2D eigenvalue weighted by molar-refractivity contribution is -0.129. The molecule has 0 saturated carbocycles. The van der Waals surface area contributed by atoms with Crippen molar-refractivity contribution in [3.8, 4) is 0 Å². The van der Waals surface area contributed by atoms with E-state index in [0.29, 0.717) is 5.75 Å². The molecular weight excluding hydrogens is 218 g/mol. The summed E-state index contributed by atoms with van der Waals surface area (Å²) in [7, 11) is 0. The highest BCUT2D eigenvalue weighted by atomic mass is 32.2. The van der Waals surface area contributed by atoms with Gasteiger partial charge in [0.05, 0.1) is 5.75 Å². The molecule has 16 heavy (non-hydrogen) atoms. The second kappa shape index (κ2) is 4.50. The fourth-order valence-electron chi connectivity index (χ4n) is 1.98. The van der Waals surface area contributed by atoms with E-state index in [1.54, 1.807) is 11.8 Å². The van der Waals surface area contributed by atoms with Gasteiger partial charge in [0.15, 0.2) is 0 Å². The highest BCUT2D eigenvalue weighted by molar-refractivity contribution is 8.00. The van der Waals surface area contributed by atoms with Crippen LogP contribution in [0.15, 0.2) is 24.3 Å². The Labute approximate surface area is 101 Å². The average Bonchev–Trinajstić information content (AvgIpc) is 2.61. The molecule has 1 unspecified atom stereocenters. The number of carbonyl (C=O) groups excluding carboxylic acids is 1. The molecule has 0 N–H and O–H groups in total. The van der Waals surface area contributed by atoms with Gasteiger partial charge in [0.25, 0.3) is 0 Å². The smallest absolute Gasteiger partial charge is 0.234 e. The molecule has 1 aromatic rings. The summed E-state index contributed by atoms with van der Waals surface area (Å²) in [5, 5.41) is 0.202. The van der Waals surface area contributed by atoms with Crippen LogP contribution < -0.4 is 0 Å². The van der Waals surface area contributed by atoms with E-state index in [1.807, 2.05) is 4.90 Å². The summed E-state index contributed by atoms with van der Waals surface area (Å²) in [4.78, 5) is 13.8. The molecule has 1 aliphatic heterocycles. The Morgan fingerprint density at radius 2 is 1.94 bits per heavy atom. The van der Waals surface area contributed by atoms with Crippen molar-refractivity contribution >= 4 is 17.7 Å². The molecule has 0 radical (unpaired) electrons. The minimum absolute atomic E-state index is 0.202. The molecule has 1 aromatic carbocycles. The molecule has 1 atom stereocenters. The topological polar surface area (TPSA) is 20.3 Å². The lowest BCUT2D eigenvalue weighted by Gasteiger charge is -2.28. The molecule has 3 heteroatoms. The first-order valence-electron chi connectivity index (χ1n) is 5.59. The third-order valence-corrected chi connectivity index (χ3v) is 4.05. The van der Waals surface area contributed by atoms with Crippen LogP contribution in [0.25, 0.3) is 0 Å². The van der Waals surface area contributed by atoms with E-state index < -0.39 is 0 Å². The number of benzene rings is 1. The average molecular weight is 235 g/mol. The summed E-state index contributed by atoms with van der Waals surface area (Å²) in [5.41, 5.74) is 2.49. The molecule has 0 bridgehead atoms. The van der Waals surface area contributed by atoms with Gasteiger partial charge < -0.3 is 4.90 Å². The summed E-state index contributed by atoms with van der Waals surface area (Å²) in [6.07, 6.45) is 0. The first-order chi connectivity index (χ1) is 7.59. The van der Waals surface area contributed by atoms with Gasteiger partial charge in [-0.3, -0.25) is 4.79 Å². The predicted octanol–water partition coefficient (Wildman–Crippen LogP) is 2.98. The summed E-state index contributed by atoms with van der Waals surface area (Å²) in [6.45, 7) is 6.23. The van der Waals surface area contributed by atoms with Crippen molar-refractivity contribution in [2.24, 2.45) is 0 Å². The number of rotatable bonds is 2. The Kier molecular flexibility index (Phi) is 3.24. The van der Waals surface area contributed by atoms with Crippen molar-refractivity contribution in [3.05, 3.63) is 35.4 Å². The van der Waals surface area contributed by atoms with Gasteiger partial charge >= 0.3 is 0 Å². The van der Waals surface area contributed by atoms with Crippen LogP contribution in [0, 0.1) is 6.92 Å². The van der Waals surface area contributed by atoms with E-state index in [0.717, 1.165) is 0 Å². The van der Waals surface area contributed by atoms with E-state index >= 15 is 0 Å². The van der Waals surface area contributed by atoms with E-state index in [2.05, 4.69) is 45.0 Å². The zero-order valence-corrected chi connectivity index (χ0v) is 10.8. The molecule has 1 aliphatic rings. The Hall–Kier alpha value is -0.960. The second-order valence-electron chi connectivity index (χ2n) is 4.47. The van der Waals surface area contributed by atoms with Crippen LogP contribution in [0.5, 0.6) is 0 Å². The van der Waals surface area contributed by atoms with Gasteiger partial charge in [-0.2, -0.15) is 0 Å². The van der Waals surface area contributed by atoms with Crippen molar-refractivity contribution in [3.63, 3.8) is 0 Å². The first kappa shape index (κ1) is 11.5. The minimum atomic E-state index is 0.202. The third kappa shape index (κ3) is 2.09. The Morgan fingerprint density at radius 1 is 1.31 bits per heavy atom. The maximum atomic E-state index is 11.8. The molecule has 1 saturated heterocycles. The van der Waals surface area contributed by atoms with Gasteiger partial charge in [0.1, 0.15) is 5.37 Å². The number of amides is 1. The number of carbonyl (C=O) groups is 1. The van der Waals surface area contributed by atoms with Gasteiger partial charge in [-0.05, 0) is 26.3 Å². The highest BCUT2D eigenvalue weighted by Gasteiger charge is 2.34. The lowest BCUT2D eigenvalue weighted by atomic mass is 10.1. The standard InChI is InChI=1S/C13H17NOS/c1-9(2)14-12(15)8-16-13(14)11-6-4-10(3)5-7-11/h4-7,9,13H,8H2,1-3H3. The Balaban J connectivity index is 2.26. The summed E-state index contributed by atoms with van der Waals surface area (Å²) >= 11 is 1.72. The lowest BCUT2D eigenvalue weighted by Crippen LogP contribution is -2.34. The summed E-state index contributed by atoms with van der Waals surface area (Å²) in [5.74, 6) is 0.863. The van der Waals surface area contributed by atoms with Crippen LogP contribution in [-0.2, 0) is 4.79 Å². The fourth-order valence-corrected chi connectivity index (χ4v) is 3.30. The summed E-state index contributed by atoms with van der Waals surface area (Å²) in [6, 6.07) is 8.74. The van der Waals surface area contributed by atoms with E-state index in [9.17, 15) is 4.79 Å². The largest absolute Gasteiger partial charge is 0.323 e. The van der Waals surface area contributed by atoms with Crippen molar-refractivity contribution < 1.29 is 4.79 Å². The second-order valence-corrected chi connectivity index (χ2v) is 5.54. The van der Waals surface area contributed by atoms with Crippen LogP contribution in [-0.4, -0.2) is 22.6 Å². The molecule has 86 valence electrons. The molecule has 0 spiro atoms. The van der Waals surface area contributed by atoms with Crippen molar-refractivity contribution in [2.75, 3.05) is 5.75 Å². The van der Waals surface area contributed by atoms with Gasteiger partial charge in [0.2, 0.25) is 5.91 Å². The van der Waals surface area contributed by atoms with E-state index in [4.69, 9.17) is 0 Å². The molecule has 1 heterocycles. The molecule has 1 amide bonds. The van der Waals surface area contributed by atoms with Gasteiger partial charge in [-0.15, -0.1) is 11.8 Å². The normalized spacial score (nSPS) is 20.9. The monoisotopic (exact) mass is 235 g/mol. The fraction of sp³-hybridized carbons (Fsp3) is 0.462. The van der Waals surface area contributed by atoms with Crippen LogP contribution in [0.3, 0.4) is 0 Å². The molecule has 2 nitrogen and oxygen atoms in total. The molecule has 0 aromatic heterocycles. The number of hydrogen-bond acceptors (Lipinski definition) is 2. The third-order valence-electron chi connectivity index (χ3n) is 2.82. The maximum Gasteiger partial charge on any atom is 0.234 e. The van der Waals surface area contributed by atoms with Crippen molar-refractivity contribution in [2.45, 2.75) is 32.2 Å². The highest BCUT2D eigenvalue weighted by Crippen LogP contribution is 2.39. The zero-order valence-electron chi connectivity index (χ0n) is 9.93. The molecule has 2 rings (SSSR count). The molecule has 1 fully saturated rings. The molecule has 0 aliphatic carbocycles. The minimum Gasteiger partial charge on any atom is -0.323 e. The van der Waals surface area contributed by atoms with Crippen LogP contribution in [0.1, 0.15) is 30.3 Å². The SMILES string of the molecule is Cc1ccc(C2SCC(=O)N2C(C)C)cc1. The number of thioether (sulfide) groups is 1. The quantitative estimate of drug-likeness (QED) is 0.785. The van der Waals surface area contributed by atoms with Crippen molar-refractivity contribution in [1.29, 1.82) is 0 Å². The van der Waals surface area contributed by atoms with Crippen molar-refractivity contribution in [1.82, 2.24) is 4.90 Å². The van der Waals surface area contributed by atoms with Gasteiger partial charge in [0, 0.05) is 6.04 Å². The van der Waals surface area contributed by atoms with Gasteiger partial charge in [-0.1, -0.05) is 29.8 Å². The first-order valence-corrected chi connectivity index (χ1v) is 6.64. The van der Waals surface area contributed by atoms with Crippen LogP contribution >= 0.6 is 11.8 Å². The number of aryl methyl sites for hydroxylation is 1. The van der Waals surface area contributed by atoms with Crippen LogP contribution in [0.2, 0.25) is 0 Å². The van der Waals surface area contributed by atoms with E-state index in [-0.39, 0.29) is 17.3 Å². The van der Waals surface area contributed by atoms with E-state index in [1.165, 1.54) is 11.1 Å². The van der Waals surface area contributed by atoms with Gasteiger partial charge in [-0.25, -0.2) is 0 Å². The zero-order chi connectivity index (χ0) is 11.7. The maximum absolute atomic E-state index is 11.8. The Bertz CT molecular complexity index is 385.